The zero-order valence-electron chi connectivity index (χ0n) is 19.4. The molecule has 0 saturated carbocycles. The maximum Gasteiger partial charge on any atom is 0.333 e. The third-order valence-corrected chi connectivity index (χ3v) is 5.57. The van der Waals surface area contributed by atoms with Crippen molar-refractivity contribution in [2.24, 2.45) is 0 Å². The molecule has 4 aromatic rings. The predicted molar refractivity (Wildman–Crippen MR) is 129 cm³/mol. The number of hydrogen-bond acceptors (Lipinski definition) is 8. The monoisotopic (exact) mass is 493 g/mol. The highest BCUT2D eigenvalue weighted by atomic mass is 16.6. The van der Waals surface area contributed by atoms with Crippen molar-refractivity contribution in [3.63, 3.8) is 0 Å². The number of nitrogens with zero attached hydrogens (tertiary/aromatic N) is 5. The van der Waals surface area contributed by atoms with Crippen LogP contribution in [-0.4, -0.2) is 43.3 Å². The summed E-state index contributed by atoms with van der Waals surface area (Å²) in [7, 11) is 1.52. The van der Waals surface area contributed by atoms with Gasteiger partial charge in [-0.1, -0.05) is 42.5 Å². The highest BCUT2D eigenvalue weighted by Crippen LogP contribution is 2.18. The highest BCUT2D eigenvalue weighted by Gasteiger charge is 2.21. The Bertz CT molecular complexity index is 1520. The number of carbonyl (C=O) groups excluding carboxylic acids is 1. The zero-order valence-corrected chi connectivity index (χ0v) is 19.4. The van der Waals surface area contributed by atoms with Crippen LogP contribution in [0.3, 0.4) is 0 Å². The number of nitro benzene ring substituents is 1. The number of aromatic nitrogens is 4. The average Bonchev–Trinajstić information content (AvgIpc) is 3.31. The number of para-hydroxylation sites is 1. The molecule has 0 N–H and O–H groups in total. The molecule has 36 heavy (non-hydrogen) atoms. The van der Waals surface area contributed by atoms with Crippen molar-refractivity contribution in [2.45, 2.75) is 26.2 Å². The van der Waals surface area contributed by atoms with Gasteiger partial charge in [-0.2, -0.15) is 0 Å². The van der Waals surface area contributed by atoms with Gasteiger partial charge in [0.1, 0.15) is 13.2 Å². The molecule has 0 spiro atoms. The summed E-state index contributed by atoms with van der Waals surface area (Å²) < 4.78 is 14.0. The number of benzene rings is 2. The van der Waals surface area contributed by atoms with Gasteiger partial charge in [0.15, 0.2) is 11.2 Å². The quantitative estimate of drug-likeness (QED) is 0.185. The highest BCUT2D eigenvalue weighted by molar-refractivity contribution is 5.72. The molecular formula is C24H23N5O7. The van der Waals surface area contributed by atoms with E-state index in [1.54, 1.807) is 10.6 Å². The Hall–Kier alpha value is -4.58. The van der Waals surface area contributed by atoms with Gasteiger partial charge in [-0.05, 0) is 11.6 Å². The summed E-state index contributed by atoms with van der Waals surface area (Å²) in [5.74, 6) is -0.888. The van der Waals surface area contributed by atoms with E-state index in [-0.39, 0.29) is 35.6 Å². The third-order valence-electron chi connectivity index (χ3n) is 5.57. The van der Waals surface area contributed by atoms with Crippen LogP contribution in [0.5, 0.6) is 0 Å². The van der Waals surface area contributed by atoms with Gasteiger partial charge in [-0.25, -0.2) is 14.3 Å². The second kappa shape index (κ2) is 10.8. The fraction of sp³-hybridized carbons (Fsp3) is 0.250. The van der Waals surface area contributed by atoms with Crippen LogP contribution in [0.4, 0.5) is 5.69 Å². The summed E-state index contributed by atoms with van der Waals surface area (Å²) in [5.41, 5.74) is -0.291. The minimum absolute atomic E-state index is 0.128. The molecule has 2 aromatic carbocycles. The molecule has 186 valence electrons. The molecule has 0 saturated heterocycles. The number of esters is 1. The maximum absolute atomic E-state index is 13.3. The van der Waals surface area contributed by atoms with Crippen molar-refractivity contribution in [2.75, 3.05) is 13.7 Å². The fourth-order valence-electron chi connectivity index (χ4n) is 3.79. The Labute approximate surface area is 204 Å². The van der Waals surface area contributed by atoms with Crippen LogP contribution >= 0.6 is 0 Å². The maximum atomic E-state index is 13.3. The lowest BCUT2D eigenvalue weighted by Gasteiger charge is -2.13. The summed E-state index contributed by atoms with van der Waals surface area (Å²) in [6.45, 7) is -0.299. The molecule has 0 atom stereocenters. The normalized spacial score (nSPS) is 11.0. The van der Waals surface area contributed by atoms with Gasteiger partial charge in [0.2, 0.25) is 0 Å². The van der Waals surface area contributed by atoms with Crippen LogP contribution in [0.1, 0.15) is 11.1 Å². The minimum Gasteiger partial charge on any atom is -0.459 e. The number of imidazole rings is 1. The molecule has 12 nitrogen and oxygen atoms in total. The van der Waals surface area contributed by atoms with Crippen LogP contribution < -0.4 is 11.2 Å². The number of rotatable bonds is 10. The summed E-state index contributed by atoms with van der Waals surface area (Å²) in [6, 6.07) is 15.0. The Morgan fingerprint density at radius 2 is 1.78 bits per heavy atom. The molecule has 0 aliphatic carbocycles. The van der Waals surface area contributed by atoms with Crippen LogP contribution in [0.25, 0.3) is 11.2 Å². The van der Waals surface area contributed by atoms with Crippen molar-refractivity contribution in [3.05, 3.63) is 103 Å². The van der Waals surface area contributed by atoms with E-state index in [1.807, 2.05) is 30.3 Å². The predicted octanol–water partition coefficient (Wildman–Crippen LogP) is 1.71. The lowest BCUT2D eigenvalue weighted by molar-refractivity contribution is -0.385. The molecule has 0 fully saturated rings. The molecule has 0 radical (unpaired) electrons. The number of methoxy groups -OCH3 is 1. The fourth-order valence-corrected chi connectivity index (χ4v) is 3.79. The van der Waals surface area contributed by atoms with Crippen molar-refractivity contribution in [1.82, 2.24) is 18.7 Å². The molecule has 2 heterocycles. The first-order valence-corrected chi connectivity index (χ1v) is 11.0. The van der Waals surface area contributed by atoms with Gasteiger partial charge < -0.3 is 14.0 Å². The smallest absolute Gasteiger partial charge is 0.333 e. The first-order valence-electron chi connectivity index (χ1n) is 11.0. The first kappa shape index (κ1) is 24.5. The molecule has 0 unspecified atom stereocenters. The number of ether oxygens (including phenoxy) is 2. The number of hydrogen-bond donors (Lipinski definition) is 0. The van der Waals surface area contributed by atoms with Gasteiger partial charge in [-0.3, -0.25) is 24.3 Å². The molecule has 12 heteroatoms. The first-order chi connectivity index (χ1) is 17.4. The van der Waals surface area contributed by atoms with E-state index in [0.29, 0.717) is 13.2 Å². The second-order valence-electron chi connectivity index (χ2n) is 7.90. The third kappa shape index (κ3) is 5.08. The topological polar surface area (TPSA) is 140 Å². The largest absolute Gasteiger partial charge is 0.459 e. The minimum atomic E-state index is -0.888. The Kier molecular flexibility index (Phi) is 7.35. The van der Waals surface area contributed by atoms with E-state index in [9.17, 15) is 24.5 Å². The van der Waals surface area contributed by atoms with Crippen LogP contribution in [0, 0.1) is 10.1 Å². The second-order valence-corrected chi connectivity index (χ2v) is 7.90. The molecule has 0 aliphatic heterocycles. The number of carbonyl (C=O) groups is 1. The van der Waals surface area contributed by atoms with E-state index in [4.69, 9.17) is 9.47 Å². The molecule has 0 bridgehead atoms. The van der Waals surface area contributed by atoms with E-state index in [1.165, 1.54) is 36.2 Å². The Morgan fingerprint density at radius 1 is 1.06 bits per heavy atom. The van der Waals surface area contributed by atoms with Gasteiger partial charge in [0.05, 0.1) is 30.0 Å². The molecule has 0 aliphatic rings. The summed E-state index contributed by atoms with van der Waals surface area (Å²) in [5, 5.41) is 11.2. The van der Waals surface area contributed by atoms with Crippen LogP contribution in [0.2, 0.25) is 0 Å². The van der Waals surface area contributed by atoms with Crippen molar-refractivity contribution in [1.29, 1.82) is 0 Å². The lowest BCUT2D eigenvalue weighted by atomic mass is 10.2. The zero-order chi connectivity index (χ0) is 25.7. The average molecular weight is 493 g/mol. The van der Waals surface area contributed by atoms with Gasteiger partial charge in [0, 0.05) is 19.7 Å². The van der Waals surface area contributed by atoms with Gasteiger partial charge in [-0.15, -0.1) is 0 Å². The Morgan fingerprint density at radius 3 is 2.50 bits per heavy atom. The lowest BCUT2D eigenvalue weighted by Crippen LogP contribution is -2.42. The standard InChI is InChI=1S/C24H23N5O7/c1-35-12-11-26-16-25-22-21(26)23(31)28(24(32)27(22)13-17-7-3-2-4-8-17)14-20(30)36-15-18-9-5-6-10-19(18)29(33)34/h2-10,16H,11-15H2,1H3. The van der Waals surface area contributed by atoms with Crippen LogP contribution in [0.15, 0.2) is 70.5 Å². The number of nitro groups is 1. The van der Waals surface area contributed by atoms with E-state index >= 15 is 0 Å². The van der Waals surface area contributed by atoms with Crippen molar-refractivity contribution >= 4 is 22.8 Å². The summed E-state index contributed by atoms with van der Waals surface area (Å²) >= 11 is 0. The molecule has 4 rings (SSSR count). The van der Waals surface area contributed by atoms with Crippen molar-refractivity contribution < 1.29 is 19.2 Å². The Balaban J connectivity index is 1.69. The SMILES string of the molecule is COCCn1cnc2c1c(=O)n(CC(=O)OCc1ccccc1[N+](=O)[O-])c(=O)n2Cc1ccccc1. The van der Waals surface area contributed by atoms with Gasteiger partial charge in [0.25, 0.3) is 11.2 Å². The molecule has 2 aromatic heterocycles. The molecular weight excluding hydrogens is 470 g/mol. The summed E-state index contributed by atoms with van der Waals surface area (Å²) in [6.07, 6.45) is 1.45. The number of fused-ring (bicyclic) bond motifs is 1. The van der Waals surface area contributed by atoms with E-state index < -0.39 is 28.7 Å². The van der Waals surface area contributed by atoms with Crippen LogP contribution in [-0.2, 0) is 40.5 Å². The van der Waals surface area contributed by atoms with E-state index in [0.717, 1.165) is 10.1 Å². The van der Waals surface area contributed by atoms with E-state index in [2.05, 4.69) is 4.98 Å². The van der Waals surface area contributed by atoms with Crippen molar-refractivity contribution in [3.8, 4) is 0 Å². The van der Waals surface area contributed by atoms with Gasteiger partial charge >= 0.3 is 11.7 Å². The molecule has 0 amide bonds. The summed E-state index contributed by atoms with van der Waals surface area (Å²) in [4.78, 5) is 54.2.